The molecule has 3 heterocycles. The molecule has 0 saturated carbocycles. The summed E-state index contributed by atoms with van der Waals surface area (Å²) >= 11 is 6.22. The van der Waals surface area contributed by atoms with E-state index in [0.717, 1.165) is 42.0 Å². The summed E-state index contributed by atoms with van der Waals surface area (Å²) in [5.41, 5.74) is 5.65. The third kappa shape index (κ3) is 1.80. The van der Waals surface area contributed by atoms with E-state index in [1.54, 1.807) is 12.1 Å². The molecule has 2 aliphatic heterocycles. The van der Waals surface area contributed by atoms with Gasteiger partial charge in [-0.2, -0.15) is 0 Å². The van der Waals surface area contributed by atoms with Crippen molar-refractivity contribution in [2.45, 2.75) is 25.3 Å². The van der Waals surface area contributed by atoms with Crippen LogP contribution < -0.4 is 0 Å². The SMILES string of the molecule is CC12c3cc(F)ccc3CCN1CCc1c2[nH]c2ccc(Cl)cc12. The van der Waals surface area contributed by atoms with Gasteiger partial charge in [0.05, 0.1) is 5.54 Å². The van der Waals surface area contributed by atoms with E-state index in [-0.39, 0.29) is 11.4 Å². The van der Waals surface area contributed by atoms with Gasteiger partial charge in [-0.15, -0.1) is 0 Å². The Labute approximate surface area is 145 Å². The Hall–Kier alpha value is -1.84. The average Bonchev–Trinajstić information content (AvgIpc) is 2.94. The van der Waals surface area contributed by atoms with E-state index in [1.165, 1.54) is 22.2 Å². The quantitative estimate of drug-likeness (QED) is 0.631. The summed E-state index contributed by atoms with van der Waals surface area (Å²) in [6.45, 7) is 4.21. The lowest BCUT2D eigenvalue weighted by Crippen LogP contribution is -2.53. The molecule has 0 radical (unpaired) electrons. The van der Waals surface area contributed by atoms with Gasteiger partial charge in [0.1, 0.15) is 5.82 Å². The third-order valence-corrected chi connectivity index (χ3v) is 6.10. The molecule has 0 bridgehead atoms. The zero-order valence-electron chi connectivity index (χ0n) is 13.5. The highest BCUT2D eigenvalue weighted by Gasteiger charge is 2.45. The number of fused-ring (bicyclic) bond motifs is 7. The summed E-state index contributed by atoms with van der Waals surface area (Å²) in [7, 11) is 0. The lowest BCUT2D eigenvalue weighted by molar-refractivity contribution is 0.111. The minimum absolute atomic E-state index is 0.164. The maximum atomic E-state index is 14.0. The van der Waals surface area contributed by atoms with Crippen molar-refractivity contribution in [1.82, 2.24) is 9.88 Å². The number of nitrogens with zero attached hydrogens (tertiary/aromatic N) is 1. The largest absolute Gasteiger partial charge is 0.356 e. The fourth-order valence-corrected chi connectivity index (χ4v) is 4.81. The second-order valence-corrected chi connectivity index (χ2v) is 7.47. The zero-order chi connectivity index (χ0) is 16.5. The van der Waals surface area contributed by atoms with Crippen molar-refractivity contribution in [3.05, 3.63) is 69.6 Å². The van der Waals surface area contributed by atoms with Crippen molar-refractivity contribution in [1.29, 1.82) is 0 Å². The van der Waals surface area contributed by atoms with E-state index < -0.39 is 0 Å². The van der Waals surface area contributed by atoms with Crippen LogP contribution in [0.5, 0.6) is 0 Å². The van der Waals surface area contributed by atoms with Crippen LogP contribution in [0.25, 0.3) is 10.9 Å². The first-order valence-corrected chi connectivity index (χ1v) is 8.80. The Morgan fingerprint density at radius 1 is 1.12 bits per heavy atom. The Kier molecular flexibility index (Phi) is 2.92. The van der Waals surface area contributed by atoms with Crippen molar-refractivity contribution in [2.75, 3.05) is 13.1 Å². The Morgan fingerprint density at radius 2 is 1.96 bits per heavy atom. The first kappa shape index (κ1) is 14.5. The van der Waals surface area contributed by atoms with E-state index in [0.29, 0.717) is 0 Å². The molecule has 0 saturated heterocycles. The van der Waals surface area contributed by atoms with Gasteiger partial charge >= 0.3 is 0 Å². The molecular weight excluding hydrogens is 323 g/mol. The van der Waals surface area contributed by atoms with Crippen LogP contribution >= 0.6 is 11.6 Å². The normalized spacial score (nSPS) is 23.0. The summed E-state index contributed by atoms with van der Waals surface area (Å²) < 4.78 is 14.0. The molecule has 0 fully saturated rings. The number of H-pyrrole nitrogens is 1. The van der Waals surface area contributed by atoms with Gasteiger partial charge in [0.25, 0.3) is 0 Å². The molecule has 122 valence electrons. The van der Waals surface area contributed by atoms with Gasteiger partial charge in [-0.3, -0.25) is 4.90 Å². The van der Waals surface area contributed by atoms with E-state index >= 15 is 0 Å². The Bertz CT molecular complexity index is 977. The van der Waals surface area contributed by atoms with Crippen LogP contribution in [0.3, 0.4) is 0 Å². The molecule has 3 aromatic rings. The maximum Gasteiger partial charge on any atom is 0.123 e. The number of nitrogens with one attached hydrogen (secondary N) is 1. The van der Waals surface area contributed by atoms with Gasteiger partial charge in [0, 0.05) is 34.7 Å². The number of aromatic nitrogens is 1. The van der Waals surface area contributed by atoms with E-state index in [4.69, 9.17) is 11.6 Å². The number of hydrogen-bond acceptors (Lipinski definition) is 1. The van der Waals surface area contributed by atoms with Crippen LogP contribution in [0.1, 0.15) is 29.3 Å². The number of hydrogen-bond donors (Lipinski definition) is 1. The molecule has 1 N–H and O–H groups in total. The summed E-state index contributed by atoms with van der Waals surface area (Å²) in [5, 5.41) is 1.95. The maximum absolute atomic E-state index is 14.0. The van der Waals surface area contributed by atoms with Gasteiger partial charge < -0.3 is 4.98 Å². The first-order valence-electron chi connectivity index (χ1n) is 8.42. The highest BCUT2D eigenvalue weighted by Crippen LogP contribution is 2.46. The topological polar surface area (TPSA) is 19.0 Å². The monoisotopic (exact) mass is 340 g/mol. The van der Waals surface area contributed by atoms with Crippen LogP contribution in [0.4, 0.5) is 4.39 Å². The van der Waals surface area contributed by atoms with Crippen molar-refractivity contribution in [3.63, 3.8) is 0 Å². The van der Waals surface area contributed by atoms with Crippen molar-refractivity contribution in [2.24, 2.45) is 0 Å². The van der Waals surface area contributed by atoms with Crippen LogP contribution in [-0.2, 0) is 18.4 Å². The second kappa shape index (κ2) is 4.84. The lowest BCUT2D eigenvalue weighted by atomic mass is 9.75. The predicted molar refractivity (Wildman–Crippen MR) is 95.1 cm³/mol. The fraction of sp³-hybridized carbons (Fsp3) is 0.300. The van der Waals surface area contributed by atoms with Crippen LogP contribution in [-0.4, -0.2) is 23.0 Å². The fourth-order valence-electron chi connectivity index (χ4n) is 4.64. The second-order valence-electron chi connectivity index (χ2n) is 7.03. The zero-order valence-corrected chi connectivity index (χ0v) is 14.3. The Balaban J connectivity index is 1.83. The highest BCUT2D eigenvalue weighted by atomic mass is 35.5. The lowest BCUT2D eigenvalue weighted by Gasteiger charge is -2.49. The molecule has 24 heavy (non-hydrogen) atoms. The Morgan fingerprint density at radius 3 is 2.83 bits per heavy atom. The highest BCUT2D eigenvalue weighted by molar-refractivity contribution is 6.31. The molecule has 0 spiro atoms. The van der Waals surface area contributed by atoms with Crippen LogP contribution in [0.2, 0.25) is 5.02 Å². The molecule has 2 aliphatic rings. The summed E-state index contributed by atoms with van der Waals surface area (Å²) in [4.78, 5) is 6.10. The number of benzene rings is 2. The molecule has 0 amide bonds. The number of rotatable bonds is 0. The molecule has 2 nitrogen and oxygen atoms in total. The molecule has 2 aromatic carbocycles. The molecule has 5 rings (SSSR count). The molecule has 4 heteroatoms. The predicted octanol–water partition coefficient (Wildman–Crippen LogP) is 4.64. The van der Waals surface area contributed by atoms with E-state index in [9.17, 15) is 4.39 Å². The van der Waals surface area contributed by atoms with Crippen LogP contribution in [0, 0.1) is 5.82 Å². The van der Waals surface area contributed by atoms with E-state index in [2.05, 4.69) is 16.8 Å². The first-order chi connectivity index (χ1) is 11.6. The summed E-state index contributed by atoms with van der Waals surface area (Å²) in [5.74, 6) is -0.164. The van der Waals surface area contributed by atoms with E-state index in [1.807, 2.05) is 24.3 Å². The summed E-state index contributed by atoms with van der Waals surface area (Å²) in [6.07, 6.45) is 1.97. The van der Waals surface area contributed by atoms with Gasteiger partial charge in [0.2, 0.25) is 0 Å². The van der Waals surface area contributed by atoms with Gasteiger partial charge in [-0.25, -0.2) is 4.39 Å². The smallest absolute Gasteiger partial charge is 0.123 e. The van der Waals surface area contributed by atoms with Crippen molar-refractivity contribution in [3.8, 4) is 0 Å². The summed E-state index contributed by atoms with van der Waals surface area (Å²) in [6, 6.07) is 11.2. The molecule has 1 unspecified atom stereocenters. The molecule has 1 atom stereocenters. The standard InChI is InChI=1S/C20H18ClFN2/c1-20-17-11-14(22)4-2-12(17)6-8-24(20)9-7-15-16-10-13(21)3-5-18(16)23-19(15)20/h2-5,10-11,23H,6-9H2,1H3. The van der Waals surface area contributed by atoms with Crippen molar-refractivity contribution >= 4 is 22.5 Å². The number of halogens is 2. The van der Waals surface area contributed by atoms with Gasteiger partial charge in [-0.05, 0) is 66.8 Å². The third-order valence-electron chi connectivity index (χ3n) is 5.87. The van der Waals surface area contributed by atoms with Crippen LogP contribution in [0.15, 0.2) is 36.4 Å². The average molecular weight is 341 g/mol. The number of aromatic amines is 1. The van der Waals surface area contributed by atoms with Crippen molar-refractivity contribution < 1.29 is 4.39 Å². The minimum Gasteiger partial charge on any atom is -0.356 e. The van der Waals surface area contributed by atoms with Gasteiger partial charge in [0.15, 0.2) is 0 Å². The molecule has 0 aliphatic carbocycles. The van der Waals surface area contributed by atoms with Gasteiger partial charge in [-0.1, -0.05) is 17.7 Å². The molecule has 1 aromatic heterocycles. The minimum atomic E-state index is -0.311. The molecular formula is C20H18ClFN2.